The van der Waals surface area contributed by atoms with Gasteiger partial charge in [-0.15, -0.1) is 0 Å². The summed E-state index contributed by atoms with van der Waals surface area (Å²) in [6.07, 6.45) is 0.598. The summed E-state index contributed by atoms with van der Waals surface area (Å²) < 4.78 is 13.1. The van der Waals surface area contributed by atoms with Gasteiger partial charge in [-0.1, -0.05) is 11.6 Å². The van der Waals surface area contributed by atoms with Gasteiger partial charge in [0.25, 0.3) is 5.91 Å². The molecule has 0 spiro atoms. The van der Waals surface area contributed by atoms with Crippen LogP contribution in [-0.2, 0) is 4.57 Å². The molecule has 1 rings (SSSR count). The van der Waals surface area contributed by atoms with Crippen LogP contribution in [0.3, 0.4) is 0 Å². The van der Waals surface area contributed by atoms with Crippen LogP contribution in [0.1, 0.15) is 13.3 Å². The third kappa shape index (κ3) is 9.22. The number of carbonyl (C=O) groups excluding carboxylic acids is 1. The van der Waals surface area contributed by atoms with Crippen LogP contribution < -0.4 is 81.4 Å². The van der Waals surface area contributed by atoms with Crippen LogP contribution in [0.25, 0.3) is 0 Å². The van der Waals surface area contributed by atoms with E-state index in [4.69, 9.17) is 32.9 Å². The molecule has 0 saturated carbocycles. The molecule has 1 amide bonds. The largest absolute Gasteiger partial charge is 1.00 e. The van der Waals surface area contributed by atoms with Gasteiger partial charge in [-0.2, -0.15) is 4.76 Å². The zero-order valence-corrected chi connectivity index (χ0v) is 17.3. The molecule has 0 aliphatic carbocycles. The molecule has 10 N–H and O–H groups in total. The molecule has 0 saturated heterocycles. The molecule has 12 nitrogen and oxygen atoms in total. The summed E-state index contributed by atoms with van der Waals surface area (Å²) in [7, 11) is -4.56. The normalized spacial score (nSPS) is 9.95. The molecule has 1 aromatic heterocycles. The number of nitrogens with two attached hydrogens (primary N) is 2. The Kier molecular flexibility index (Phi) is 14.1. The molecular formula is C6H13ClN7Na2O5P. The Morgan fingerprint density at radius 1 is 1.32 bits per heavy atom. The van der Waals surface area contributed by atoms with E-state index in [0.29, 0.717) is 6.34 Å². The maximum absolute atomic E-state index is 11.5. The minimum atomic E-state index is -4.56. The van der Waals surface area contributed by atoms with Crippen LogP contribution in [-0.4, -0.2) is 37.5 Å². The number of hydrogen-bond donors (Lipinski definition) is 6. The van der Waals surface area contributed by atoms with Crippen LogP contribution >= 0.6 is 19.3 Å². The summed E-state index contributed by atoms with van der Waals surface area (Å²) in [4.78, 5) is 35.5. The van der Waals surface area contributed by atoms with Crippen molar-refractivity contribution in [2.24, 2.45) is 4.76 Å². The smallest absolute Gasteiger partial charge is 1.00 e. The monoisotopic (exact) mass is 375 g/mol. The van der Waals surface area contributed by atoms with Crippen LogP contribution in [0.5, 0.6) is 0 Å². The van der Waals surface area contributed by atoms with Crippen molar-refractivity contribution in [3.63, 3.8) is 0 Å². The summed E-state index contributed by atoms with van der Waals surface area (Å²) in [6.45, 7) is 0. The quantitative estimate of drug-likeness (QED) is 0.0965. The minimum Gasteiger partial charge on any atom is -1.00 e. The molecule has 0 aromatic carbocycles. The van der Waals surface area contributed by atoms with Gasteiger partial charge in [-0.3, -0.25) is 15.6 Å². The topological polar surface area (TPSA) is 220 Å². The Balaban J connectivity index is -0.000000241. The third-order valence-corrected chi connectivity index (χ3v) is 2.27. The standard InChI is InChI=1S/C6H9ClN7O4P.2Na.H2O.2H/c7-3-5(9)13-4(8)2(12-3)6(15)14-10-1-11-19(16,17)18;;;;;/h1H,(H,14,15)(H4,8,9,13)(H3,10,11,16,17,18);;;1H2;;/q;2*+1;;2*-1. The Bertz CT molecular complexity index is 595. The van der Waals surface area contributed by atoms with Crippen molar-refractivity contribution in [3.05, 3.63) is 10.8 Å². The fraction of sp³-hybridized carbons (Fsp3) is 0. The predicted molar refractivity (Wildman–Crippen MR) is 72.8 cm³/mol. The average Bonchev–Trinajstić information content (AvgIpc) is 2.28. The number of nitrogens with one attached hydrogen (secondary N) is 2. The Hall–Kier alpha value is 0.0200. The molecule has 0 atom stereocenters. The number of hydrogen-bond acceptors (Lipinski definition) is 6. The second-order valence-corrected chi connectivity index (χ2v) is 4.61. The molecule has 0 unspecified atom stereocenters. The van der Waals surface area contributed by atoms with E-state index in [1.54, 1.807) is 0 Å². The van der Waals surface area contributed by atoms with Crippen molar-refractivity contribution < 1.29 is 86.6 Å². The molecule has 0 bridgehead atoms. The SMILES string of the molecule is Nc1nc(N)c(C(=O)NNC=NP(=O)(O)O)nc1Cl.O.[H-].[H-].[Na+].[Na+]. The molecular weight excluding hydrogens is 363 g/mol. The number of hydrazine groups is 1. The predicted octanol–water partition coefficient (Wildman–Crippen LogP) is -7.94. The summed E-state index contributed by atoms with van der Waals surface area (Å²) in [5.41, 5.74) is 14.4. The molecule has 0 radical (unpaired) electrons. The van der Waals surface area contributed by atoms with E-state index in [0.717, 1.165) is 0 Å². The van der Waals surface area contributed by atoms with E-state index >= 15 is 0 Å². The Labute approximate surface area is 176 Å². The van der Waals surface area contributed by atoms with E-state index in [9.17, 15) is 9.36 Å². The van der Waals surface area contributed by atoms with Gasteiger partial charge in [0.15, 0.2) is 22.5 Å². The van der Waals surface area contributed by atoms with Gasteiger partial charge in [0, 0.05) is 0 Å². The van der Waals surface area contributed by atoms with Crippen LogP contribution in [0.4, 0.5) is 11.6 Å². The first-order chi connectivity index (χ1) is 8.70. The van der Waals surface area contributed by atoms with Crippen molar-refractivity contribution in [1.29, 1.82) is 0 Å². The van der Waals surface area contributed by atoms with E-state index in [-0.39, 0.29) is 89.9 Å². The van der Waals surface area contributed by atoms with Crippen LogP contribution in [0.15, 0.2) is 4.76 Å². The van der Waals surface area contributed by atoms with Crippen molar-refractivity contribution >= 4 is 43.2 Å². The number of anilines is 2. The Morgan fingerprint density at radius 2 is 1.86 bits per heavy atom. The molecule has 0 aliphatic heterocycles. The number of halogens is 1. The molecule has 22 heavy (non-hydrogen) atoms. The number of nitrogen functional groups attached to an aromatic ring is 2. The fourth-order valence-corrected chi connectivity index (χ4v) is 1.20. The fourth-order valence-electron chi connectivity index (χ4n) is 0.870. The van der Waals surface area contributed by atoms with Crippen molar-refractivity contribution in [1.82, 2.24) is 20.8 Å². The zero-order valence-electron chi connectivity index (χ0n) is 13.6. The molecule has 16 heteroatoms. The zero-order chi connectivity index (χ0) is 14.6. The van der Waals surface area contributed by atoms with Gasteiger partial charge < -0.3 is 29.6 Å². The molecule has 0 aliphatic rings. The molecule has 116 valence electrons. The van der Waals surface area contributed by atoms with Gasteiger partial charge in [-0.25, -0.2) is 14.5 Å². The second-order valence-electron chi connectivity index (χ2n) is 2.99. The number of carbonyl (C=O) groups is 1. The van der Waals surface area contributed by atoms with Gasteiger partial charge in [0.1, 0.15) is 6.34 Å². The maximum atomic E-state index is 11.5. The number of nitrogens with zero attached hydrogens (tertiary/aromatic N) is 3. The first-order valence-electron chi connectivity index (χ1n) is 4.44. The van der Waals surface area contributed by atoms with Crippen LogP contribution in [0, 0.1) is 0 Å². The third-order valence-electron chi connectivity index (χ3n) is 1.58. The van der Waals surface area contributed by atoms with E-state index in [1.165, 1.54) is 0 Å². The molecule has 1 heterocycles. The first-order valence-corrected chi connectivity index (χ1v) is 6.39. The summed E-state index contributed by atoms with van der Waals surface area (Å²) in [5, 5.41) is -0.205. The van der Waals surface area contributed by atoms with E-state index in [1.807, 2.05) is 10.9 Å². The maximum Gasteiger partial charge on any atom is 1.00 e. The first kappa shape index (κ1) is 26.9. The molecule has 1 aromatic rings. The minimum absolute atomic E-state index is 0. The second kappa shape index (κ2) is 11.5. The van der Waals surface area contributed by atoms with E-state index in [2.05, 4.69) is 14.7 Å². The van der Waals surface area contributed by atoms with Gasteiger partial charge in [0.05, 0.1) is 0 Å². The summed E-state index contributed by atoms with van der Waals surface area (Å²) in [6, 6.07) is 0. The van der Waals surface area contributed by atoms with Crippen LogP contribution in [0.2, 0.25) is 5.15 Å². The van der Waals surface area contributed by atoms with Crippen molar-refractivity contribution in [2.75, 3.05) is 11.5 Å². The number of rotatable bonds is 4. The van der Waals surface area contributed by atoms with Gasteiger partial charge in [-0.05, 0) is 0 Å². The van der Waals surface area contributed by atoms with Crippen molar-refractivity contribution in [3.8, 4) is 0 Å². The van der Waals surface area contributed by atoms with Crippen molar-refractivity contribution in [2.45, 2.75) is 0 Å². The number of aromatic nitrogens is 2. The van der Waals surface area contributed by atoms with Gasteiger partial charge >= 0.3 is 66.9 Å². The average molecular weight is 376 g/mol. The summed E-state index contributed by atoms with van der Waals surface area (Å²) >= 11 is 5.57. The molecule has 0 fully saturated rings. The van der Waals surface area contributed by atoms with E-state index < -0.39 is 13.7 Å². The number of amides is 1. The Morgan fingerprint density at radius 3 is 2.36 bits per heavy atom. The van der Waals surface area contributed by atoms with Gasteiger partial charge in [0.2, 0.25) is 0 Å². The summed E-state index contributed by atoms with van der Waals surface area (Å²) in [5.74, 6) is -1.23.